The number of carbonyl (C=O) groups excluding carboxylic acids is 1. The summed E-state index contributed by atoms with van der Waals surface area (Å²) in [6.07, 6.45) is 8.12. The van der Waals surface area contributed by atoms with E-state index in [4.69, 9.17) is 0 Å². The van der Waals surface area contributed by atoms with Crippen LogP contribution in [0.15, 0.2) is 18.5 Å². The van der Waals surface area contributed by atoms with Crippen molar-refractivity contribution >= 4 is 5.91 Å². The summed E-state index contributed by atoms with van der Waals surface area (Å²) in [5, 5.41) is 3.11. The van der Waals surface area contributed by atoms with Crippen LogP contribution in [0.4, 0.5) is 0 Å². The number of amides is 1. The summed E-state index contributed by atoms with van der Waals surface area (Å²) in [5.74, 6) is 0.741. The summed E-state index contributed by atoms with van der Waals surface area (Å²) in [7, 11) is 0. The second-order valence-corrected chi connectivity index (χ2v) is 5.19. The normalized spacial score (nSPS) is 24.4. The van der Waals surface area contributed by atoms with E-state index in [-0.39, 0.29) is 5.91 Å². The minimum Gasteiger partial charge on any atom is -0.349 e. The molecule has 1 aliphatic rings. The Balaban J connectivity index is 1.97. The molecule has 0 spiro atoms. The number of nitrogens with zero attached hydrogens (tertiary/aromatic N) is 1. The van der Waals surface area contributed by atoms with Crippen LogP contribution in [-0.4, -0.2) is 16.9 Å². The van der Waals surface area contributed by atoms with E-state index < -0.39 is 0 Å². The van der Waals surface area contributed by atoms with Gasteiger partial charge in [0.2, 0.25) is 0 Å². The summed E-state index contributed by atoms with van der Waals surface area (Å²) < 4.78 is 0. The van der Waals surface area contributed by atoms with Crippen LogP contribution in [0.3, 0.4) is 0 Å². The van der Waals surface area contributed by atoms with E-state index in [1.165, 1.54) is 12.8 Å². The van der Waals surface area contributed by atoms with Crippen LogP contribution >= 0.6 is 0 Å². The maximum absolute atomic E-state index is 12.0. The van der Waals surface area contributed by atoms with Gasteiger partial charge in [0.05, 0.1) is 5.56 Å². The highest BCUT2D eigenvalue weighted by Crippen LogP contribution is 2.23. The SMILES string of the molecule is Cc1cncc(C(=O)N[C@@H]2CCCC(C)C2)c1. The monoisotopic (exact) mass is 232 g/mol. The molecule has 2 atom stereocenters. The molecule has 1 amide bonds. The standard InChI is InChI=1S/C14H20N2O/c1-10-4-3-5-13(7-10)16-14(17)12-6-11(2)8-15-9-12/h6,8-10,13H,3-5,7H2,1-2H3,(H,16,17)/t10?,13-/m1/s1. The molecule has 2 rings (SSSR count). The molecule has 0 aliphatic heterocycles. The number of rotatable bonds is 2. The van der Waals surface area contributed by atoms with Gasteiger partial charge in [0.25, 0.3) is 5.91 Å². The zero-order valence-electron chi connectivity index (χ0n) is 10.6. The highest BCUT2D eigenvalue weighted by atomic mass is 16.1. The van der Waals surface area contributed by atoms with E-state index in [0.717, 1.165) is 24.3 Å². The van der Waals surface area contributed by atoms with Gasteiger partial charge in [-0.15, -0.1) is 0 Å². The molecular weight excluding hydrogens is 212 g/mol. The van der Waals surface area contributed by atoms with Gasteiger partial charge in [-0.25, -0.2) is 0 Å². The van der Waals surface area contributed by atoms with Gasteiger partial charge in [-0.2, -0.15) is 0 Å². The van der Waals surface area contributed by atoms with E-state index >= 15 is 0 Å². The highest BCUT2D eigenvalue weighted by Gasteiger charge is 2.20. The lowest BCUT2D eigenvalue weighted by molar-refractivity contribution is 0.0921. The Bertz CT molecular complexity index is 403. The number of pyridine rings is 1. The first-order chi connectivity index (χ1) is 8.15. The van der Waals surface area contributed by atoms with Gasteiger partial charge in [-0.1, -0.05) is 19.8 Å². The summed E-state index contributed by atoms with van der Waals surface area (Å²) in [6.45, 7) is 4.21. The molecule has 3 heteroatoms. The maximum Gasteiger partial charge on any atom is 0.253 e. The molecule has 1 unspecified atom stereocenters. The Labute approximate surface area is 103 Å². The van der Waals surface area contributed by atoms with E-state index in [1.807, 2.05) is 13.0 Å². The van der Waals surface area contributed by atoms with Crippen molar-refractivity contribution in [3.8, 4) is 0 Å². The number of nitrogens with one attached hydrogen (secondary N) is 1. The molecule has 92 valence electrons. The van der Waals surface area contributed by atoms with Gasteiger partial charge in [0.15, 0.2) is 0 Å². The summed E-state index contributed by atoms with van der Waals surface area (Å²) in [6, 6.07) is 2.22. The molecule has 0 bridgehead atoms. The first-order valence-electron chi connectivity index (χ1n) is 6.37. The molecule has 17 heavy (non-hydrogen) atoms. The molecule has 0 aromatic carbocycles. The molecule has 1 aliphatic carbocycles. The Hall–Kier alpha value is -1.38. The van der Waals surface area contributed by atoms with Crippen LogP contribution < -0.4 is 5.32 Å². The zero-order chi connectivity index (χ0) is 12.3. The highest BCUT2D eigenvalue weighted by molar-refractivity contribution is 5.94. The van der Waals surface area contributed by atoms with E-state index in [9.17, 15) is 4.79 Å². The first-order valence-corrected chi connectivity index (χ1v) is 6.37. The van der Waals surface area contributed by atoms with Gasteiger partial charge in [-0.3, -0.25) is 9.78 Å². The minimum absolute atomic E-state index is 0.0142. The molecule has 3 nitrogen and oxygen atoms in total. The second kappa shape index (κ2) is 5.30. The smallest absolute Gasteiger partial charge is 0.253 e. The average Bonchev–Trinajstić information content (AvgIpc) is 2.29. The maximum atomic E-state index is 12.0. The van der Waals surface area contributed by atoms with Crippen molar-refractivity contribution < 1.29 is 4.79 Å². The molecule has 1 saturated carbocycles. The number of hydrogen-bond acceptors (Lipinski definition) is 2. The fourth-order valence-electron chi connectivity index (χ4n) is 2.51. The van der Waals surface area contributed by atoms with Crippen LogP contribution in [-0.2, 0) is 0 Å². The Morgan fingerprint density at radius 2 is 2.24 bits per heavy atom. The van der Waals surface area contributed by atoms with Gasteiger partial charge >= 0.3 is 0 Å². The van der Waals surface area contributed by atoms with E-state index in [0.29, 0.717) is 11.6 Å². The molecule has 1 heterocycles. The molecule has 0 saturated heterocycles. The third-order valence-corrected chi connectivity index (χ3v) is 3.41. The first kappa shape index (κ1) is 12.1. The zero-order valence-corrected chi connectivity index (χ0v) is 10.6. The van der Waals surface area contributed by atoms with Crippen LogP contribution in [0.1, 0.15) is 48.5 Å². The molecular formula is C14H20N2O. The lowest BCUT2D eigenvalue weighted by Gasteiger charge is -2.27. The van der Waals surface area contributed by atoms with Crippen molar-refractivity contribution in [3.05, 3.63) is 29.6 Å². The van der Waals surface area contributed by atoms with Crippen LogP contribution in [0, 0.1) is 12.8 Å². The molecule has 1 aromatic rings. The Morgan fingerprint density at radius 1 is 1.41 bits per heavy atom. The van der Waals surface area contributed by atoms with Crippen molar-refractivity contribution in [2.75, 3.05) is 0 Å². The Kier molecular flexibility index (Phi) is 3.77. The van der Waals surface area contributed by atoms with E-state index in [1.54, 1.807) is 12.4 Å². The van der Waals surface area contributed by atoms with Crippen molar-refractivity contribution in [1.82, 2.24) is 10.3 Å². The van der Waals surface area contributed by atoms with Crippen LogP contribution in [0.2, 0.25) is 0 Å². The van der Waals surface area contributed by atoms with Crippen LogP contribution in [0.5, 0.6) is 0 Å². The molecule has 1 aromatic heterocycles. The van der Waals surface area contributed by atoms with Gasteiger partial charge < -0.3 is 5.32 Å². The van der Waals surface area contributed by atoms with Crippen molar-refractivity contribution in [2.45, 2.75) is 45.6 Å². The van der Waals surface area contributed by atoms with Gasteiger partial charge in [0.1, 0.15) is 0 Å². The molecule has 0 radical (unpaired) electrons. The van der Waals surface area contributed by atoms with Gasteiger partial charge in [0, 0.05) is 18.4 Å². The molecule has 1 fully saturated rings. The minimum atomic E-state index is 0.0142. The van der Waals surface area contributed by atoms with E-state index in [2.05, 4.69) is 17.2 Å². The summed E-state index contributed by atoms with van der Waals surface area (Å²) in [5.41, 5.74) is 1.69. The number of hydrogen-bond donors (Lipinski definition) is 1. The average molecular weight is 232 g/mol. The Morgan fingerprint density at radius 3 is 2.94 bits per heavy atom. The summed E-state index contributed by atoms with van der Waals surface area (Å²) >= 11 is 0. The quantitative estimate of drug-likeness (QED) is 0.851. The lowest BCUT2D eigenvalue weighted by Crippen LogP contribution is -2.38. The number of aromatic nitrogens is 1. The third kappa shape index (κ3) is 3.29. The second-order valence-electron chi connectivity index (χ2n) is 5.19. The topological polar surface area (TPSA) is 42.0 Å². The third-order valence-electron chi connectivity index (χ3n) is 3.41. The predicted molar refractivity (Wildman–Crippen MR) is 67.9 cm³/mol. The van der Waals surface area contributed by atoms with Crippen molar-refractivity contribution in [3.63, 3.8) is 0 Å². The fourth-order valence-corrected chi connectivity index (χ4v) is 2.51. The van der Waals surface area contributed by atoms with Crippen LogP contribution in [0.25, 0.3) is 0 Å². The molecule has 1 N–H and O–H groups in total. The largest absolute Gasteiger partial charge is 0.349 e. The summed E-state index contributed by atoms with van der Waals surface area (Å²) in [4.78, 5) is 16.1. The van der Waals surface area contributed by atoms with Crippen molar-refractivity contribution in [2.24, 2.45) is 5.92 Å². The number of aryl methyl sites for hydroxylation is 1. The number of carbonyl (C=O) groups is 1. The van der Waals surface area contributed by atoms with Gasteiger partial charge in [-0.05, 0) is 37.3 Å². The van der Waals surface area contributed by atoms with Crippen molar-refractivity contribution in [1.29, 1.82) is 0 Å². The predicted octanol–water partition coefficient (Wildman–Crippen LogP) is 2.70. The fraction of sp³-hybridized carbons (Fsp3) is 0.571. The lowest BCUT2D eigenvalue weighted by atomic mass is 9.87.